The molecule has 2 aliphatic heterocycles. The molecule has 0 radical (unpaired) electrons. The van der Waals surface area contributed by atoms with E-state index in [-0.39, 0.29) is 28.9 Å². The molecular formula is C23H28N2O6S. The number of sulfonamides is 1. The van der Waals surface area contributed by atoms with Crippen LogP contribution in [0, 0.1) is 11.3 Å². The highest BCUT2D eigenvalue weighted by atomic mass is 32.2. The zero-order valence-electron chi connectivity index (χ0n) is 18.5. The Morgan fingerprint density at radius 1 is 1.16 bits per heavy atom. The van der Waals surface area contributed by atoms with Crippen LogP contribution in [-0.4, -0.2) is 33.6 Å². The molecule has 0 bridgehead atoms. The molecule has 0 aromatic heterocycles. The van der Waals surface area contributed by atoms with E-state index in [2.05, 4.69) is 37.7 Å². The number of anilines is 2. The second-order valence-corrected chi connectivity index (χ2v) is 10.8. The predicted octanol–water partition coefficient (Wildman–Crippen LogP) is 3.91. The van der Waals surface area contributed by atoms with Crippen LogP contribution in [0.15, 0.2) is 47.4 Å². The normalized spacial score (nSPS) is 22.6. The molecule has 0 aliphatic carbocycles. The van der Waals surface area contributed by atoms with Crippen LogP contribution in [0.5, 0.6) is 5.75 Å². The number of hydrogen-bond donors (Lipinski definition) is 2. The maximum atomic E-state index is 13.0. The van der Waals surface area contributed by atoms with Gasteiger partial charge >= 0.3 is 0 Å². The third-order valence-electron chi connectivity index (χ3n) is 5.56. The number of carbonyl (C=O) groups excluding carboxylic acids is 1. The van der Waals surface area contributed by atoms with Crippen LogP contribution in [0.1, 0.15) is 39.5 Å². The average Bonchev–Trinajstić information content (AvgIpc) is 2.72. The van der Waals surface area contributed by atoms with E-state index >= 15 is 0 Å². The molecule has 4 rings (SSSR count). The second kappa shape index (κ2) is 8.38. The number of hydrogen-bond acceptors (Lipinski definition) is 6. The summed E-state index contributed by atoms with van der Waals surface area (Å²) in [7, 11) is -3.89. The van der Waals surface area contributed by atoms with Gasteiger partial charge in [0.25, 0.3) is 15.9 Å². The summed E-state index contributed by atoms with van der Waals surface area (Å²) in [5.74, 6) is 0.411. The Bertz CT molecular complexity index is 1130. The van der Waals surface area contributed by atoms with Crippen LogP contribution in [0.25, 0.3) is 0 Å². The molecule has 2 aliphatic rings. The number of rotatable bonds is 5. The maximum Gasteiger partial charge on any atom is 0.262 e. The first-order chi connectivity index (χ1) is 15.0. The quantitative estimate of drug-likeness (QED) is 0.701. The zero-order chi connectivity index (χ0) is 23.1. The molecule has 32 heavy (non-hydrogen) atoms. The monoisotopic (exact) mass is 460 g/mol. The SMILES string of the molecule is CC(C)C1OC(c2cccc(NS(=O)(=O)c3ccc4c(c3)NC(=O)CO4)c2)OCC1(C)C. The van der Waals surface area contributed by atoms with Crippen molar-refractivity contribution in [1.29, 1.82) is 0 Å². The zero-order valence-corrected chi connectivity index (χ0v) is 19.4. The van der Waals surface area contributed by atoms with E-state index in [0.29, 0.717) is 29.6 Å². The fraction of sp³-hybridized carbons (Fsp3) is 0.435. The molecule has 2 aromatic carbocycles. The van der Waals surface area contributed by atoms with Gasteiger partial charge in [0, 0.05) is 16.7 Å². The van der Waals surface area contributed by atoms with Crippen LogP contribution >= 0.6 is 0 Å². The lowest BCUT2D eigenvalue weighted by atomic mass is 9.80. The summed E-state index contributed by atoms with van der Waals surface area (Å²) < 4.78 is 46.0. The molecule has 2 N–H and O–H groups in total. The molecule has 2 unspecified atom stereocenters. The predicted molar refractivity (Wildman–Crippen MR) is 120 cm³/mol. The van der Waals surface area contributed by atoms with Gasteiger partial charge in [-0.3, -0.25) is 9.52 Å². The van der Waals surface area contributed by atoms with Gasteiger partial charge in [-0.05, 0) is 36.2 Å². The third-order valence-corrected chi connectivity index (χ3v) is 6.94. The van der Waals surface area contributed by atoms with E-state index < -0.39 is 16.3 Å². The highest BCUT2D eigenvalue weighted by Gasteiger charge is 2.40. The minimum absolute atomic E-state index is 0.00882. The van der Waals surface area contributed by atoms with E-state index in [1.165, 1.54) is 18.2 Å². The summed E-state index contributed by atoms with van der Waals surface area (Å²) >= 11 is 0. The Morgan fingerprint density at radius 2 is 1.94 bits per heavy atom. The van der Waals surface area contributed by atoms with Gasteiger partial charge in [-0.2, -0.15) is 0 Å². The average molecular weight is 461 g/mol. The first kappa shape index (κ1) is 22.6. The molecule has 1 fully saturated rings. The molecule has 1 saturated heterocycles. The summed E-state index contributed by atoms with van der Waals surface area (Å²) in [6.45, 7) is 8.91. The lowest BCUT2D eigenvalue weighted by Crippen LogP contribution is -2.45. The molecule has 1 amide bonds. The van der Waals surface area contributed by atoms with E-state index in [1.54, 1.807) is 18.2 Å². The van der Waals surface area contributed by atoms with Gasteiger partial charge in [-0.25, -0.2) is 8.42 Å². The minimum Gasteiger partial charge on any atom is -0.482 e. The number of benzene rings is 2. The summed E-state index contributed by atoms with van der Waals surface area (Å²) in [6.07, 6.45) is -0.564. The van der Waals surface area contributed by atoms with Crippen LogP contribution in [0.2, 0.25) is 0 Å². The molecular weight excluding hydrogens is 432 g/mol. The number of fused-ring (bicyclic) bond motifs is 1. The van der Waals surface area contributed by atoms with E-state index in [1.807, 2.05) is 6.07 Å². The topological polar surface area (TPSA) is 103 Å². The summed E-state index contributed by atoms with van der Waals surface area (Å²) in [4.78, 5) is 11.6. The fourth-order valence-corrected chi connectivity index (χ4v) is 5.23. The van der Waals surface area contributed by atoms with Gasteiger partial charge in [0.05, 0.1) is 23.3 Å². The van der Waals surface area contributed by atoms with Gasteiger partial charge in [-0.1, -0.05) is 39.8 Å². The van der Waals surface area contributed by atoms with Gasteiger partial charge in [0.2, 0.25) is 0 Å². The molecule has 2 aromatic rings. The van der Waals surface area contributed by atoms with Crippen molar-refractivity contribution in [3.05, 3.63) is 48.0 Å². The maximum absolute atomic E-state index is 13.0. The Kier molecular flexibility index (Phi) is 5.91. The van der Waals surface area contributed by atoms with Gasteiger partial charge in [-0.15, -0.1) is 0 Å². The van der Waals surface area contributed by atoms with E-state index in [9.17, 15) is 13.2 Å². The smallest absolute Gasteiger partial charge is 0.262 e. The Labute approximate surface area is 188 Å². The number of carbonyl (C=O) groups is 1. The molecule has 172 valence electrons. The highest BCUT2D eigenvalue weighted by molar-refractivity contribution is 7.92. The van der Waals surface area contributed by atoms with Crippen LogP contribution in [0.3, 0.4) is 0 Å². The lowest BCUT2D eigenvalue weighted by Gasteiger charge is -2.44. The van der Waals surface area contributed by atoms with Crippen LogP contribution in [0.4, 0.5) is 11.4 Å². The number of nitrogens with one attached hydrogen (secondary N) is 2. The molecule has 9 heteroatoms. The Balaban J connectivity index is 1.54. The lowest BCUT2D eigenvalue weighted by molar-refractivity contribution is -0.274. The van der Waals surface area contributed by atoms with Crippen molar-refractivity contribution in [3.63, 3.8) is 0 Å². The van der Waals surface area contributed by atoms with Crippen molar-refractivity contribution in [2.45, 2.75) is 45.0 Å². The largest absolute Gasteiger partial charge is 0.482 e. The van der Waals surface area contributed by atoms with Crippen molar-refractivity contribution >= 4 is 27.3 Å². The molecule has 0 spiro atoms. The Morgan fingerprint density at radius 3 is 2.69 bits per heavy atom. The summed E-state index contributed by atoms with van der Waals surface area (Å²) in [6, 6.07) is 11.3. The van der Waals surface area contributed by atoms with Crippen molar-refractivity contribution in [3.8, 4) is 5.75 Å². The highest BCUT2D eigenvalue weighted by Crippen LogP contribution is 2.40. The van der Waals surface area contributed by atoms with Crippen LogP contribution in [-0.2, 0) is 24.3 Å². The third kappa shape index (κ3) is 4.60. The van der Waals surface area contributed by atoms with Crippen molar-refractivity contribution in [1.82, 2.24) is 0 Å². The number of amides is 1. The molecule has 8 nitrogen and oxygen atoms in total. The number of ether oxygens (including phenoxy) is 3. The minimum atomic E-state index is -3.89. The molecule has 0 saturated carbocycles. The van der Waals surface area contributed by atoms with Crippen molar-refractivity contribution in [2.24, 2.45) is 11.3 Å². The standard InChI is InChI=1S/C23H28N2O6S/c1-14(2)21-23(3,4)13-30-22(31-21)15-6-5-7-16(10-15)25-32(27,28)17-8-9-19-18(11-17)24-20(26)12-29-19/h5-11,14,21-22,25H,12-13H2,1-4H3,(H,24,26). The fourth-order valence-electron chi connectivity index (χ4n) is 4.16. The van der Waals surface area contributed by atoms with Gasteiger partial charge in [0.15, 0.2) is 12.9 Å². The molecule has 2 atom stereocenters. The van der Waals surface area contributed by atoms with Crippen molar-refractivity contribution < 1.29 is 27.4 Å². The summed E-state index contributed by atoms with van der Waals surface area (Å²) in [5, 5.41) is 2.62. The van der Waals surface area contributed by atoms with E-state index in [4.69, 9.17) is 14.2 Å². The Hall–Kier alpha value is -2.62. The molecule has 2 heterocycles. The van der Waals surface area contributed by atoms with Gasteiger partial charge in [0.1, 0.15) is 5.75 Å². The van der Waals surface area contributed by atoms with Gasteiger partial charge < -0.3 is 19.5 Å². The second-order valence-electron chi connectivity index (χ2n) is 9.16. The van der Waals surface area contributed by atoms with Crippen molar-refractivity contribution in [2.75, 3.05) is 23.3 Å². The van der Waals surface area contributed by atoms with E-state index in [0.717, 1.165) is 5.56 Å². The first-order valence-electron chi connectivity index (χ1n) is 10.5. The van der Waals surface area contributed by atoms with Crippen LogP contribution < -0.4 is 14.8 Å². The summed E-state index contributed by atoms with van der Waals surface area (Å²) in [5.41, 5.74) is 1.33. The first-order valence-corrected chi connectivity index (χ1v) is 12.0.